The number of aryl methyl sites for hydroxylation is 2. The van der Waals surface area contributed by atoms with E-state index in [1.54, 1.807) is 43.3 Å². The lowest BCUT2D eigenvalue weighted by Crippen LogP contribution is -2.36. The molecular weight excluding hydrogens is 459 g/mol. The van der Waals surface area contributed by atoms with Crippen LogP contribution in [-0.2, 0) is 16.6 Å². The summed E-state index contributed by atoms with van der Waals surface area (Å²) in [5, 5.41) is 8.93. The van der Waals surface area contributed by atoms with Crippen molar-refractivity contribution in [2.45, 2.75) is 32.4 Å². The van der Waals surface area contributed by atoms with E-state index in [0.717, 1.165) is 15.4 Å². The molecule has 2 aromatic carbocycles. The molecule has 0 amide bonds. The summed E-state index contributed by atoms with van der Waals surface area (Å²) in [4.78, 5) is 15.1. The topological polar surface area (TPSA) is 96.8 Å². The van der Waals surface area contributed by atoms with Crippen LogP contribution in [0.2, 0.25) is 0 Å². The van der Waals surface area contributed by atoms with Gasteiger partial charge in [0.05, 0.1) is 17.9 Å². The van der Waals surface area contributed by atoms with Gasteiger partial charge in [0.1, 0.15) is 12.4 Å². The van der Waals surface area contributed by atoms with E-state index in [-0.39, 0.29) is 29.4 Å². The highest BCUT2D eigenvalue weighted by molar-refractivity contribution is 7.92. The maximum Gasteiger partial charge on any atom is 0.335 e. The number of carboxylic acid groups (broad SMARTS) is 1. The fraction of sp³-hybridized carbons (Fsp3) is 0.280. The van der Waals surface area contributed by atoms with Gasteiger partial charge in [0.2, 0.25) is 0 Å². The summed E-state index contributed by atoms with van der Waals surface area (Å²) < 4.78 is 47.7. The minimum atomic E-state index is -4.10. The summed E-state index contributed by atoms with van der Waals surface area (Å²) in [5.74, 6) is -1.27. The average molecular weight is 487 g/mol. The predicted molar refractivity (Wildman–Crippen MR) is 128 cm³/mol. The number of benzene rings is 2. The number of sulfonamides is 1. The van der Waals surface area contributed by atoms with E-state index in [1.807, 2.05) is 13.8 Å². The van der Waals surface area contributed by atoms with E-state index >= 15 is 0 Å². The zero-order valence-electron chi connectivity index (χ0n) is 19.2. The Kier molecular flexibility index (Phi) is 7.88. The van der Waals surface area contributed by atoms with Gasteiger partial charge in [0, 0.05) is 18.7 Å². The molecule has 0 spiro atoms. The van der Waals surface area contributed by atoms with Crippen LogP contribution in [0.5, 0.6) is 5.75 Å². The Bertz CT molecular complexity index is 1250. The molecule has 0 fully saturated rings. The largest absolute Gasteiger partial charge is 0.487 e. The van der Waals surface area contributed by atoms with Gasteiger partial charge < -0.3 is 9.84 Å². The van der Waals surface area contributed by atoms with Gasteiger partial charge in [-0.25, -0.2) is 9.78 Å². The Morgan fingerprint density at radius 3 is 2.38 bits per heavy atom. The third kappa shape index (κ3) is 5.72. The Hall–Kier alpha value is -3.46. The molecule has 1 N–H and O–H groups in total. The lowest BCUT2D eigenvalue weighted by atomic mass is 10.1. The number of halogens is 1. The third-order valence-electron chi connectivity index (χ3n) is 5.37. The first-order chi connectivity index (χ1) is 16.1. The number of ether oxygens (including phenoxy) is 1. The Balaban J connectivity index is 2.03. The highest BCUT2D eigenvalue weighted by Crippen LogP contribution is 2.36. The highest BCUT2D eigenvalue weighted by Gasteiger charge is 2.30. The first-order valence-corrected chi connectivity index (χ1v) is 12.1. The fourth-order valence-corrected chi connectivity index (χ4v) is 4.78. The molecule has 7 nitrogen and oxygen atoms in total. The zero-order valence-corrected chi connectivity index (χ0v) is 20.0. The van der Waals surface area contributed by atoms with Crippen LogP contribution >= 0.6 is 0 Å². The molecule has 1 heterocycles. The number of aromatic carboxylic acids is 1. The van der Waals surface area contributed by atoms with E-state index in [9.17, 15) is 17.6 Å². The van der Waals surface area contributed by atoms with Gasteiger partial charge in [0.25, 0.3) is 10.0 Å². The number of aromatic nitrogens is 1. The van der Waals surface area contributed by atoms with E-state index in [1.165, 1.54) is 24.4 Å². The van der Waals surface area contributed by atoms with Crippen LogP contribution in [0, 0.1) is 19.8 Å². The molecule has 0 radical (unpaired) electrons. The summed E-state index contributed by atoms with van der Waals surface area (Å²) >= 11 is 0. The quantitative estimate of drug-likeness (QED) is 0.443. The van der Waals surface area contributed by atoms with E-state index in [4.69, 9.17) is 9.84 Å². The molecule has 1 atom stereocenters. The normalized spacial score (nSPS) is 12.2. The molecule has 9 heteroatoms. The molecule has 0 unspecified atom stereocenters. The van der Waals surface area contributed by atoms with Gasteiger partial charge in [0.15, 0.2) is 5.03 Å². The monoisotopic (exact) mass is 486 g/mol. The molecule has 0 aliphatic carbocycles. The van der Waals surface area contributed by atoms with Crippen molar-refractivity contribution in [1.82, 2.24) is 4.98 Å². The summed E-state index contributed by atoms with van der Waals surface area (Å²) in [5.41, 5.74) is 2.90. The standard InChI is InChI=1S/C25H27FN2O5S/c1-17(14-26)15-28(34(31,32)24-6-4-5-11-27-24)22-12-18(2)19(3)13-23(22)33-16-20-7-9-21(10-8-20)25(29)30/h4-13,17H,14-16H2,1-3H3,(H,29,30)/t17-/m0/s1. The Morgan fingerprint density at radius 2 is 1.79 bits per heavy atom. The van der Waals surface area contributed by atoms with Crippen molar-refractivity contribution < 1.29 is 27.4 Å². The van der Waals surface area contributed by atoms with Gasteiger partial charge in [-0.3, -0.25) is 8.70 Å². The molecule has 3 rings (SSSR count). The van der Waals surface area contributed by atoms with Gasteiger partial charge in [-0.05, 0) is 66.9 Å². The minimum Gasteiger partial charge on any atom is -0.487 e. The van der Waals surface area contributed by atoms with Gasteiger partial charge in [-0.15, -0.1) is 0 Å². The molecule has 3 aromatic rings. The molecule has 0 aliphatic rings. The van der Waals surface area contributed by atoms with Crippen molar-refractivity contribution in [2.24, 2.45) is 5.92 Å². The summed E-state index contributed by atoms with van der Waals surface area (Å²) in [6, 6.07) is 14.3. The number of alkyl halides is 1. The number of rotatable bonds is 10. The minimum absolute atomic E-state index is 0.0888. The van der Waals surface area contributed by atoms with E-state index < -0.39 is 28.6 Å². The number of anilines is 1. The van der Waals surface area contributed by atoms with E-state index in [0.29, 0.717) is 11.3 Å². The highest BCUT2D eigenvalue weighted by atomic mass is 32.2. The second kappa shape index (κ2) is 10.6. The van der Waals surface area contributed by atoms with Gasteiger partial charge in [-0.2, -0.15) is 8.42 Å². The summed E-state index contributed by atoms with van der Waals surface area (Å²) in [7, 11) is -4.10. The first-order valence-electron chi connectivity index (χ1n) is 10.7. The second-order valence-corrected chi connectivity index (χ2v) is 9.97. The van der Waals surface area contributed by atoms with Gasteiger partial charge >= 0.3 is 5.97 Å². The lowest BCUT2D eigenvalue weighted by molar-refractivity contribution is 0.0697. The van der Waals surface area contributed by atoms with Crippen LogP contribution in [0.3, 0.4) is 0 Å². The van der Waals surface area contributed by atoms with Crippen molar-refractivity contribution in [2.75, 3.05) is 17.5 Å². The Morgan fingerprint density at radius 1 is 1.12 bits per heavy atom. The molecule has 1 aromatic heterocycles. The number of hydrogen-bond acceptors (Lipinski definition) is 5. The van der Waals surface area contributed by atoms with Gasteiger partial charge in [-0.1, -0.05) is 25.1 Å². The zero-order chi connectivity index (χ0) is 24.9. The smallest absolute Gasteiger partial charge is 0.335 e. The van der Waals surface area contributed by atoms with Crippen LogP contribution in [0.4, 0.5) is 10.1 Å². The molecular formula is C25H27FN2O5S. The number of carboxylic acids is 1. The van der Waals surface area contributed by atoms with Crippen molar-refractivity contribution in [3.05, 3.63) is 83.0 Å². The average Bonchev–Trinajstić information content (AvgIpc) is 2.83. The molecule has 180 valence electrons. The van der Waals surface area contributed by atoms with Crippen molar-refractivity contribution >= 4 is 21.7 Å². The summed E-state index contributed by atoms with van der Waals surface area (Å²) in [6.07, 6.45) is 1.39. The number of nitrogens with zero attached hydrogens (tertiary/aromatic N) is 2. The second-order valence-electron chi connectivity index (χ2n) is 8.16. The Labute approximate surface area is 198 Å². The van der Waals surface area contributed by atoms with Crippen LogP contribution < -0.4 is 9.04 Å². The van der Waals surface area contributed by atoms with Crippen molar-refractivity contribution in [3.63, 3.8) is 0 Å². The molecule has 0 bridgehead atoms. The maximum atomic E-state index is 13.5. The van der Waals surface area contributed by atoms with Crippen LogP contribution in [0.15, 0.2) is 65.8 Å². The number of carbonyl (C=O) groups is 1. The van der Waals surface area contributed by atoms with Crippen LogP contribution in [0.1, 0.15) is 34.0 Å². The molecule has 0 aliphatic heterocycles. The third-order valence-corrected chi connectivity index (χ3v) is 7.07. The number of pyridine rings is 1. The van der Waals surface area contributed by atoms with Crippen LogP contribution in [-0.4, -0.2) is 37.7 Å². The number of hydrogen-bond donors (Lipinski definition) is 1. The van der Waals surface area contributed by atoms with Crippen molar-refractivity contribution in [1.29, 1.82) is 0 Å². The molecule has 0 saturated carbocycles. The SMILES string of the molecule is Cc1cc(OCc2ccc(C(=O)O)cc2)c(N(C[C@@H](C)CF)S(=O)(=O)c2ccccn2)cc1C. The summed E-state index contributed by atoms with van der Waals surface area (Å²) in [6.45, 7) is 4.68. The van der Waals surface area contributed by atoms with E-state index in [2.05, 4.69) is 4.98 Å². The predicted octanol–water partition coefficient (Wildman–Crippen LogP) is 4.78. The fourth-order valence-electron chi connectivity index (χ4n) is 3.26. The first kappa shape index (κ1) is 25.2. The molecule has 0 saturated heterocycles. The van der Waals surface area contributed by atoms with Crippen LogP contribution in [0.25, 0.3) is 0 Å². The maximum absolute atomic E-state index is 13.5. The lowest BCUT2D eigenvalue weighted by Gasteiger charge is -2.28. The van der Waals surface area contributed by atoms with Crippen molar-refractivity contribution in [3.8, 4) is 5.75 Å². The molecule has 34 heavy (non-hydrogen) atoms.